The molecule has 3 heterocycles. The highest BCUT2D eigenvalue weighted by Crippen LogP contribution is 2.34. The second kappa shape index (κ2) is 8.14. The Morgan fingerprint density at radius 2 is 1.93 bits per heavy atom. The molecule has 0 bridgehead atoms. The SMILES string of the molecule is Cc1ccc(C(C)NC(=O)C2=CC3(CCN(S(=O)(=O)c4cccs4)CC3)ON2)cc1. The smallest absolute Gasteiger partial charge is 0.269 e. The molecule has 0 saturated carbocycles. The first-order valence-electron chi connectivity index (χ1n) is 9.87. The van der Waals surface area contributed by atoms with Crippen molar-refractivity contribution in [2.75, 3.05) is 13.1 Å². The van der Waals surface area contributed by atoms with Gasteiger partial charge in [-0.05, 0) is 49.8 Å². The van der Waals surface area contributed by atoms with Gasteiger partial charge in [0.1, 0.15) is 15.5 Å². The number of hydrogen-bond acceptors (Lipinski definition) is 6. The Balaban J connectivity index is 1.39. The van der Waals surface area contributed by atoms with Gasteiger partial charge in [-0.2, -0.15) is 4.31 Å². The number of nitrogens with zero attached hydrogens (tertiary/aromatic N) is 1. The maximum atomic E-state index is 12.7. The molecule has 0 radical (unpaired) electrons. The van der Waals surface area contributed by atoms with E-state index in [-0.39, 0.29) is 11.9 Å². The molecule has 1 unspecified atom stereocenters. The molecule has 1 amide bonds. The second-order valence-corrected chi connectivity index (χ2v) is 10.9. The van der Waals surface area contributed by atoms with Crippen LogP contribution in [-0.2, 0) is 19.7 Å². The Labute approximate surface area is 180 Å². The van der Waals surface area contributed by atoms with Crippen LogP contribution in [0.15, 0.2) is 57.8 Å². The molecule has 0 aliphatic carbocycles. The monoisotopic (exact) mass is 447 g/mol. The van der Waals surface area contributed by atoms with E-state index in [4.69, 9.17) is 4.84 Å². The van der Waals surface area contributed by atoms with Crippen LogP contribution in [-0.4, -0.2) is 37.3 Å². The van der Waals surface area contributed by atoms with E-state index < -0.39 is 15.6 Å². The molecule has 160 valence electrons. The third kappa shape index (κ3) is 4.15. The number of thiophene rings is 1. The summed E-state index contributed by atoms with van der Waals surface area (Å²) in [7, 11) is -3.47. The maximum absolute atomic E-state index is 12.7. The van der Waals surface area contributed by atoms with Crippen molar-refractivity contribution in [1.29, 1.82) is 0 Å². The number of piperidine rings is 1. The first-order valence-corrected chi connectivity index (χ1v) is 12.2. The Morgan fingerprint density at radius 3 is 2.57 bits per heavy atom. The molecule has 1 spiro atoms. The lowest BCUT2D eigenvalue weighted by Gasteiger charge is -2.35. The van der Waals surface area contributed by atoms with Crippen LogP contribution in [0.4, 0.5) is 0 Å². The van der Waals surface area contributed by atoms with Gasteiger partial charge < -0.3 is 5.32 Å². The van der Waals surface area contributed by atoms with Crippen molar-refractivity contribution >= 4 is 27.3 Å². The van der Waals surface area contributed by atoms with Gasteiger partial charge in [0.05, 0.1) is 6.04 Å². The number of hydrogen-bond donors (Lipinski definition) is 2. The largest absolute Gasteiger partial charge is 0.344 e. The van der Waals surface area contributed by atoms with Crippen molar-refractivity contribution < 1.29 is 18.0 Å². The molecule has 1 saturated heterocycles. The van der Waals surface area contributed by atoms with Gasteiger partial charge in [0.15, 0.2) is 0 Å². The van der Waals surface area contributed by atoms with Gasteiger partial charge in [0.2, 0.25) is 0 Å². The second-order valence-electron chi connectivity index (χ2n) is 7.77. The summed E-state index contributed by atoms with van der Waals surface area (Å²) in [5.41, 5.74) is 4.64. The van der Waals surface area contributed by atoms with Crippen LogP contribution in [0.3, 0.4) is 0 Å². The van der Waals surface area contributed by atoms with Crippen LogP contribution in [0.5, 0.6) is 0 Å². The van der Waals surface area contributed by atoms with E-state index in [1.54, 1.807) is 23.6 Å². The predicted molar refractivity (Wildman–Crippen MR) is 115 cm³/mol. The molecule has 9 heteroatoms. The molecular weight excluding hydrogens is 422 g/mol. The quantitative estimate of drug-likeness (QED) is 0.736. The van der Waals surface area contributed by atoms with Gasteiger partial charge in [0, 0.05) is 13.1 Å². The first kappa shape index (κ1) is 21.0. The van der Waals surface area contributed by atoms with Gasteiger partial charge in [0.25, 0.3) is 15.9 Å². The Morgan fingerprint density at radius 1 is 1.23 bits per heavy atom. The molecule has 1 aromatic carbocycles. The number of aryl methyl sites for hydroxylation is 1. The Kier molecular flexibility index (Phi) is 5.71. The zero-order valence-electron chi connectivity index (χ0n) is 16.9. The van der Waals surface area contributed by atoms with Crippen LogP contribution in [0.25, 0.3) is 0 Å². The molecule has 7 nitrogen and oxygen atoms in total. The number of rotatable bonds is 5. The Bertz CT molecular complexity index is 1040. The zero-order valence-corrected chi connectivity index (χ0v) is 18.6. The topological polar surface area (TPSA) is 87.7 Å². The van der Waals surface area contributed by atoms with Gasteiger partial charge in [-0.15, -0.1) is 11.3 Å². The predicted octanol–water partition coefficient (Wildman–Crippen LogP) is 2.88. The zero-order chi connectivity index (χ0) is 21.4. The van der Waals surface area contributed by atoms with E-state index in [2.05, 4.69) is 10.8 Å². The highest BCUT2D eigenvalue weighted by molar-refractivity contribution is 7.91. The maximum Gasteiger partial charge on any atom is 0.269 e. The summed E-state index contributed by atoms with van der Waals surface area (Å²) < 4.78 is 27.2. The number of sulfonamides is 1. The number of benzene rings is 1. The number of carbonyl (C=O) groups excluding carboxylic acids is 1. The standard InChI is InChI=1S/C21H25N3O4S2/c1-15-5-7-17(8-6-15)16(2)22-20(25)18-14-21(28-23-18)9-11-24(12-10-21)30(26,27)19-4-3-13-29-19/h3-8,13-14,16,23H,9-12H2,1-2H3,(H,22,25). The lowest BCUT2D eigenvalue weighted by molar-refractivity contribution is -0.120. The van der Waals surface area contributed by atoms with E-state index in [1.807, 2.05) is 38.1 Å². The van der Waals surface area contributed by atoms with E-state index >= 15 is 0 Å². The fourth-order valence-corrected chi connectivity index (χ4v) is 6.28. The molecule has 1 atom stereocenters. The molecule has 2 aromatic rings. The molecule has 1 fully saturated rings. The van der Waals surface area contributed by atoms with Crippen molar-refractivity contribution in [3.05, 3.63) is 64.7 Å². The highest BCUT2D eigenvalue weighted by Gasteiger charge is 2.43. The number of nitrogens with one attached hydrogen (secondary N) is 2. The van der Waals surface area contributed by atoms with Crippen LogP contribution in [0.1, 0.15) is 36.9 Å². The van der Waals surface area contributed by atoms with Crippen molar-refractivity contribution in [1.82, 2.24) is 15.1 Å². The molecule has 2 aliphatic heterocycles. The fourth-order valence-electron chi connectivity index (χ4n) is 3.69. The minimum Gasteiger partial charge on any atom is -0.344 e. The minimum atomic E-state index is -3.47. The minimum absolute atomic E-state index is 0.143. The van der Waals surface area contributed by atoms with E-state index in [1.165, 1.54) is 21.2 Å². The average Bonchev–Trinajstić information content (AvgIpc) is 3.40. The van der Waals surface area contributed by atoms with Gasteiger partial charge in [-0.3, -0.25) is 15.1 Å². The van der Waals surface area contributed by atoms with Crippen LogP contribution in [0.2, 0.25) is 0 Å². The van der Waals surface area contributed by atoms with Crippen molar-refractivity contribution in [3.63, 3.8) is 0 Å². The summed E-state index contributed by atoms with van der Waals surface area (Å²) in [5.74, 6) is -0.242. The number of hydroxylamine groups is 1. The third-order valence-electron chi connectivity index (χ3n) is 5.60. The molecule has 1 aromatic heterocycles. The number of amides is 1. The summed E-state index contributed by atoms with van der Waals surface area (Å²) in [5, 5.41) is 4.73. The summed E-state index contributed by atoms with van der Waals surface area (Å²) in [6.07, 6.45) is 2.75. The lowest BCUT2D eigenvalue weighted by Crippen LogP contribution is -2.46. The van der Waals surface area contributed by atoms with Gasteiger partial charge in [-0.25, -0.2) is 8.42 Å². The fraction of sp³-hybridized carbons (Fsp3) is 0.381. The van der Waals surface area contributed by atoms with Crippen molar-refractivity contribution in [2.24, 2.45) is 0 Å². The van der Waals surface area contributed by atoms with Crippen molar-refractivity contribution in [3.8, 4) is 0 Å². The number of carbonyl (C=O) groups is 1. The molecule has 30 heavy (non-hydrogen) atoms. The summed E-state index contributed by atoms with van der Waals surface area (Å²) in [6, 6.07) is 11.2. The normalized spacial score (nSPS) is 19.9. The van der Waals surface area contributed by atoms with Gasteiger partial charge >= 0.3 is 0 Å². The third-order valence-corrected chi connectivity index (χ3v) is 8.87. The first-order chi connectivity index (χ1) is 14.3. The van der Waals surface area contributed by atoms with Gasteiger partial charge in [-0.1, -0.05) is 35.9 Å². The summed E-state index contributed by atoms with van der Waals surface area (Å²) >= 11 is 1.22. The Hall–Kier alpha value is -2.20. The highest BCUT2D eigenvalue weighted by atomic mass is 32.2. The van der Waals surface area contributed by atoms with Crippen LogP contribution < -0.4 is 10.8 Å². The molecule has 2 N–H and O–H groups in total. The average molecular weight is 448 g/mol. The van der Waals surface area contributed by atoms with Crippen LogP contribution in [0, 0.1) is 6.92 Å². The molecule has 4 rings (SSSR count). The van der Waals surface area contributed by atoms with Crippen LogP contribution >= 0.6 is 11.3 Å². The summed E-state index contributed by atoms with van der Waals surface area (Å²) in [4.78, 5) is 18.4. The molecular formula is C21H25N3O4S2. The van der Waals surface area contributed by atoms with E-state index in [0.717, 1.165) is 5.56 Å². The van der Waals surface area contributed by atoms with E-state index in [0.29, 0.717) is 35.8 Å². The van der Waals surface area contributed by atoms with Crippen molar-refractivity contribution in [2.45, 2.75) is 42.5 Å². The molecule has 2 aliphatic rings. The van der Waals surface area contributed by atoms with E-state index in [9.17, 15) is 13.2 Å². The lowest BCUT2D eigenvalue weighted by atomic mass is 9.92. The summed E-state index contributed by atoms with van der Waals surface area (Å²) in [6.45, 7) is 4.64.